The largest absolute Gasteiger partial charge is 0.480 e. The number of aliphatic carboxylic acids is 1. The molecule has 0 heterocycles. The lowest BCUT2D eigenvalue weighted by atomic mass is 10.1. The Kier molecular flexibility index (Phi) is 7.53. The summed E-state index contributed by atoms with van der Waals surface area (Å²) in [4.78, 5) is 34.4. The molecule has 28 heavy (non-hydrogen) atoms. The summed E-state index contributed by atoms with van der Waals surface area (Å²) in [5, 5.41) is 13.7. The normalized spacial score (nSPS) is 12.5. The maximum Gasteiger partial charge on any atom is 0.325 e. The van der Waals surface area contributed by atoms with E-state index in [0.717, 1.165) is 11.3 Å². The van der Waals surface area contributed by atoms with E-state index in [1.54, 1.807) is 12.1 Å². The number of hydrogen-bond donors (Lipinski definition) is 4. The first-order valence-corrected chi connectivity index (χ1v) is 8.72. The van der Waals surface area contributed by atoms with Crippen LogP contribution in [0.1, 0.15) is 18.9 Å². The Labute approximate surface area is 162 Å². The minimum Gasteiger partial charge on any atom is -0.480 e. The van der Waals surface area contributed by atoms with Gasteiger partial charge in [-0.1, -0.05) is 30.3 Å². The Hall–Kier alpha value is -3.39. The van der Waals surface area contributed by atoms with Crippen LogP contribution < -0.4 is 21.1 Å². The van der Waals surface area contributed by atoms with E-state index in [9.17, 15) is 14.4 Å². The number of nitrogens with one attached hydrogen (secondary N) is 2. The number of carboxylic acids is 1. The second kappa shape index (κ2) is 10.1. The highest BCUT2D eigenvalue weighted by molar-refractivity contribution is 5.90. The van der Waals surface area contributed by atoms with Gasteiger partial charge in [-0.3, -0.25) is 14.4 Å². The van der Waals surface area contributed by atoms with E-state index in [1.165, 1.54) is 6.92 Å². The molecule has 2 aromatic rings. The molecular weight excluding hydrogens is 362 g/mol. The van der Waals surface area contributed by atoms with Crippen molar-refractivity contribution in [1.82, 2.24) is 10.6 Å². The number of carbonyl (C=O) groups is 3. The molecule has 0 aliphatic rings. The van der Waals surface area contributed by atoms with Crippen LogP contribution in [0.2, 0.25) is 0 Å². The smallest absolute Gasteiger partial charge is 0.325 e. The number of carboxylic acid groups (broad SMARTS) is 1. The zero-order valence-electron chi connectivity index (χ0n) is 15.4. The first-order chi connectivity index (χ1) is 13.3. The molecule has 0 aliphatic carbocycles. The molecule has 0 aliphatic heterocycles. The Morgan fingerprint density at radius 1 is 1.04 bits per heavy atom. The predicted octanol–water partition coefficient (Wildman–Crippen LogP) is 1.40. The predicted molar refractivity (Wildman–Crippen MR) is 103 cm³/mol. The lowest BCUT2D eigenvalue weighted by Gasteiger charge is -2.14. The minimum atomic E-state index is -1.18. The summed E-state index contributed by atoms with van der Waals surface area (Å²) in [5.74, 6) is -0.868. The van der Waals surface area contributed by atoms with Crippen molar-refractivity contribution in [3.63, 3.8) is 0 Å². The molecule has 0 saturated carbocycles. The highest BCUT2D eigenvalue weighted by Crippen LogP contribution is 2.21. The van der Waals surface area contributed by atoms with E-state index in [2.05, 4.69) is 10.6 Å². The van der Waals surface area contributed by atoms with Crippen molar-refractivity contribution in [3.05, 3.63) is 60.2 Å². The van der Waals surface area contributed by atoms with Crippen molar-refractivity contribution in [2.75, 3.05) is 0 Å². The summed E-state index contributed by atoms with van der Waals surface area (Å²) in [7, 11) is 0. The molecule has 0 aromatic heterocycles. The Morgan fingerprint density at radius 2 is 1.64 bits per heavy atom. The van der Waals surface area contributed by atoms with E-state index in [0.29, 0.717) is 5.75 Å². The van der Waals surface area contributed by atoms with E-state index < -0.39 is 29.9 Å². The van der Waals surface area contributed by atoms with Gasteiger partial charge in [0.05, 0.1) is 12.5 Å². The van der Waals surface area contributed by atoms with Gasteiger partial charge in [0.25, 0.3) is 0 Å². The highest BCUT2D eigenvalue weighted by atomic mass is 16.5. The van der Waals surface area contributed by atoms with Gasteiger partial charge in [-0.2, -0.15) is 0 Å². The van der Waals surface area contributed by atoms with Gasteiger partial charge >= 0.3 is 5.97 Å². The van der Waals surface area contributed by atoms with E-state index >= 15 is 0 Å². The molecule has 5 N–H and O–H groups in total. The number of rotatable bonds is 9. The topological polar surface area (TPSA) is 131 Å². The third-order valence-corrected chi connectivity index (χ3v) is 3.86. The summed E-state index contributed by atoms with van der Waals surface area (Å²) in [6, 6.07) is 14.4. The maximum atomic E-state index is 11.9. The van der Waals surface area contributed by atoms with Gasteiger partial charge < -0.3 is 26.2 Å². The number of para-hydroxylation sites is 1. The van der Waals surface area contributed by atoms with Crippen LogP contribution >= 0.6 is 0 Å². The maximum absolute atomic E-state index is 11.9. The second-order valence-corrected chi connectivity index (χ2v) is 6.21. The van der Waals surface area contributed by atoms with Crippen LogP contribution in [0.15, 0.2) is 54.6 Å². The Balaban J connectivity index is 1.77. The zero-order chi connectivity index (χ0) is 20.5. The van der Waals surface area contributed by atoms with E-state index in [1.807, 2.05) is 42.5 Å². The zero-order valence-corrected chi connectivity index (χ0v) is 15.4. The number of nitrogens with two attached hydrogens (primary N) is 1. The van der Waals surface area contributed by atoms with Gasteiger partial charge in [-0.15, -0.1) is 0 Å². The lowest BCUT2D eigenvalue weighted by Crippen LogP contribution is -2.48. The fourth-order valence-electron chi connectivity index (χ4n) is 2.25. The molecular formula is C20H23N3O5. The molecule has 0 bridgehead atoms. The van der Waals surface area contributed by atoms with Crippen LogP contribution in [0.5, 0.6) is 11.5 Å². The molecule has 0 fully saturated rings. The minimum absolute atomic E-state index is 0.243. The van der Waals surface area contributed by atoms with Crippen LogP contribution in [0.4, 0.5) is 0 Å². The summed E-state index contributed by atoms with van der Waals surface area (Å²) >= 11 is 0. The van der Waals surface area contributed by atoms with Gasteiger partial charge in [0.15, 0.2) is 0 Å². The van der Waals surface area contributed by atoms with Gasteiger partial charge in [-0.05, 0) is 36.8 Å². The van der Waals surface area contributed by atoms with Crippen molar-refractivity contribution in [2.24, 2.45) is 5.73 Å². The van der Waals surface area contributed by atoms with Gasteiger partial charge in [0.2, 0.25) is 11.8 Å². The van der Waals surface area contributed by atoms with Crippen LogP contribution in [-0.4, -0.2) is 35.0 Å². The lowest BCUT2D eigenvalue weighted by molar-refractivity contribution is -0.141. The molecule has 0 saturated heterocycles. The monoisotopic (exact) mass is 385 g/mol. The quantitative estimate of drug-likeness (QED) is 0.516. The fourth-order valence-corrected chi connectivity index (χ4v) is 2.25. The molecule has 8 heteroatoms. The highest BCUT2D eigenvalue weighted by Gasteiger charge is 2.21. The third-order valence-electron chi connectivity index (χ3n) is 3.86. The molecule has 148 valence electrons. The molecule has 2 rings (SSSR count). The van der Waals surface area contributed by atoms with Crippen LogP contribution in [0, 0.1) is 0 Å². The van der Waals surface area contributed by atoms with E-state index in [-0.39, 0.29) is 13.0 Å². The summed E-state index contributed by atoms with van der Waals surface area (Å²) in [5.41, 5.74) is 6.50. The molecule has 8 nitrogen and oxygen atoms in total. The van der Waals surface area contributed by atoms with Crippen molar-refractivity contribution in [2.45, 2.75) is 32.0 Å². The Bertz CT molecular complexity index is 808. The molecule has 0 spiro atoms. The molecule has 2 unspecified atom stereocenters. The summed E-state index contributed by atoms with van der Waals surface area (Å²) < 4.78 is 5.70. The number of benzene rings is 2. The fraction of sp³-hybridized carbons (Fsp3) is 0.250. The number of amides is 2. The molecule has 0 radical (unpaired) electrons. The SMILES string of the molecule is CC(NC(=O)C(N)CC(=O)NCc1ccc(Oc2ccccc2)cc1)C(=O)O. The van der Waals surface area contributed by atoms with Crippen LogP contribution in [-0.2, 0) is 20.9 Å². The van der Waals surface area contributed by atoms with Crippen molar-refractivity contribution < 1.29 is 24.2 Å². The number of ether oxygens (including phenoxy) is 1. The Morgan fingerprint density at radius 3 is 2.25 bits per heavy atom. The van der Waals surface area contributed by atoms with Crippen molar-refractivity contribution in [1.29, 1.82) is 0 Å². The first-order valence-electron chi connectivity index (χ1n) is 8.72. The van der Waals surface area contributed by atoms with Gasteiger partial charge in [0, 0.05) is 6.54 Å². The third kappa shape index (κ3) is 6.73. The van der Waals surface area contributed by atoms with Crippen molar-refractivity contribution >= 4 is 17.8 Å². The van der Waals surface area contributed by atoms with Gasteiger partial charge in [0.1, 0.15) is 17.5 Å². The van der Waals surface area contributed by atoms with Crippen LogP contribution in [0.25, 0.3) is 0 Å². The number of hydrogen-bond acceptors (Lipinski definition) is 5. The average Bonchev–Trinajstić information content (AvgIpc) is 2.68. The second-order valence-electron chi connectivity index (χ2n) is 6.21. The number of carbonyl (C=O) groups excluding carboxylic acids is 2. The summed E-state index contributed by atoms with van der Waals surface area (Å²) in [6.07, 6.45) is -0.243. The van der Waals surface area contributed by atoms with Crippen LogP contribution in [0.3, 0.4) is 0 Å². The average molecular weight is 385 g/mol. The standard InChI is InChI=1S/C20H23N3O5/c1-13(20(26)27)23-19(25)17(21)11-18(24)22-12-14-7-9-16(10-8-14)28-15-5-3-2-4-6-15/h2-10,13,17H,11-12,21H2,1H3,(H,22,24)(H,23,25)(H,26,27). The van der Waals surface area contributed by atoms with E-state index in [4.69, 9.17) is 15.6 Å². The van der Waals surface area contributed by atoms with Gasteiger partial charge in [-0.25, -0.2) is 0 Å². The molecule has 2 atom stereocenters. The first kappa shape index (κ1) is 20.9. The summed E-state index contributed by atoms with van der Waals surface area (Å²) in [6.45, 7) is 1.59. The molecule has 2 amide bonds. The molecule has 2 aromatic carbocycles. The van der Waals surface area contributed by atoms with Crippen molar-refractivity contribution in [3.8, 4) is 11.5 Å².